The quantitative estimate of drug-likeness (QED) is 0.695. The Morgan fingerprint density at radius 1 is 1.17 bits per heavy atom. The van der Waals surface area contributed by atoms with E-state index >= 15 is 0 Å². The van der Waals surface area contributed by atoms with E-state index in [4.69, 9.17) is 0 Å². The van der Waals surface area contributed by atoms with Crippen molar-refractivity contribution in [3.05, 3.63) is 46.5 Å². The Bertz CT molecular complexity index is 824. The second kappa shape index (κ2) is 6.07. The molecule has 1 N–H and O–H groups in total. The number of fused-ring (bicyclic) bond motifs is 1. The lowest BCUT2D eigenvalue weighted by Crippen LogP contribution is -2.24. The van der Waals surface area contributed by atoms with Gasteiger partial charge in [0.25, 0.3) is 0 Å². The summed E-state index contributed by atoms with van der Waals surface area (Å²) in [7, 11) is 0. The maximum atomic E-state index is 11.6. The summed E-state index contributed by atoms with van der Waals surface area (Å²) in [5.41, 5.74) is 6.91. The van der Waals surface area contributed by atoms with Gasteiger partial charge in [-0.25, -0.2) is 9.80 Å². The lowest BCUT2D eigenvalue weighted by molar-refractivity contribution is -0.118. The van der Waals surface area contributed by atoms with Crippen molar-refractivity contribution < 1.29 is 9.59 Å². The Morgan fingerprint density at radius 3 is 2.54 bits per heavy atom. The number of hydrogen-bond donors (Lipinski definition) is 1. The van der Waals surface area contributed by atoms with Crippen molar-refractivity contribution in [1.82, 2.24) is 10.3 Å². The van der Waals surface area contributed by atoms with E-state index in [1.54, 1.807) is 6.21 Å². The van der Waals surface area contributed by atoms with Gasteiger partial charge in [0, 0.05) is 5.56 Å². The van der Waals surface area contributed by atoms with E-state index in [9.17, 15) is 9.59 Å². The van der Waals surface area contributed by atoms with Crippen molar-refractivity contribution >= 4 is 18.2 Å². The summed E-state index contributed by atoms with van der Waals surface area (Å²) < 4.78 is 0. The summed E-state index contributed by atoms with van der Waals surface area (Å²) in [4.78, 5) is 22.8. The van der Waals surface area contributed by atoms with Crippen molar-refractivity contribution in [1.29, 1.82) is 0 Å². The van der Waals surface area contributed by atoms with Crippen LogP contribution in [0.5, 0.6) is 0 Å². The minimum Gasteiger partial charge on any atom is -0.275 e. The van der Waals surface area contributed by atoms with Crippen LogP contribution >= 0.6 is 0 Å². The van der Waals surface area contributed by atoms with Gasteiger partial charge in [-0.3, -0.25) is 10.1 Å². The molecule has 1 fully saturated rings. The first-order valence-corrected chi connectivity index (χ1v) is 8.06. The van der Waals surface area contributed by atoms with E-state index in [2.05, 4.69) is 62.4 Å². The molecule has 124 valence electrons. The zero-order valence-electron chi connectivity index (χ0n) is 14.4. The number of nitrogens with zero attached hydrogens (tertiary/aromatic N) is 2. The van der Waals surface area contributed by atoms with Crippen LogP contribution in [0.25, 0.3) is 11.1 Å². The molecule has 0 spiro atoms. The highest BCUT2D eigenvalue weighted by atomic mass is 16.2. The highest BCUT2D eigenvalue weighted by Crippen LogP contribution is 2.35. The van der Waals surface area contributed by atoms with E-state index in [-0.39, 0.29) is 12.5 Å². The molecule has 3 aliphatic rings. The minimum atomic E-state index is -0.479. The summed E-state index contributed by atoms with van der Waals surface area (Å²) in [5.74, 6) is 0.121. The van der Waals surface area contributed by atoms with Gasteiger partial charge < -0.3 is 0 Å². The molecule has 3 rings (SSSR count). The Hall–Kier alpha value is -2.69. The number of aryl methyl sites for hydroxylation is 2. The number of imide groups is 1. The predicted molar refractivity (Wildman–Crippen MR) is 94.5 cm³/mol. The number of hydrogen-bond acceptors (Lipinski definition) is 3. The molecule has 24 heavy (non-hydrogen) atoms. The average Bonchev–Trinajstić information content (AvgIpc) is 2.92. The molecule has 0 aromatic heterocycles. The third-order valence-corrected chi connectivity index (χ3v) is 4.36. The fourth-order valence-electron chi connectivity index (χ4n) is 3.00. The van der Waals surface area contributed by atoms with Gasteiger partial charge >= 0.3 is 6.03 Å². The minimum absolute atomic E-state index is 0.0305. The SMILES string of the molecule is Cc1cc(/C=N/N2CC(=O)NC2=O)c2c(C)ccc(C(C)C)cc1-2. The third kappa shape index (κ3) is 2.89. The molecule has 0 atom stereocenters. The van der Waals surface area contributed by atoms with Gasteiger partial charge in [-0.2, -0.15) is 5.10 Å². The molecule has 0 bridgehead atoms. The molecule has 3 amide bonds. The summed E-state index contributed by atoms with van der Waals surface area (Å²) in [6.45, 7) is 8.49. The molecule has 1 saturated heterocycles. The van der Waals surface area contributed by atoms with E-state index in [1.165, 1.54) is 16.7 Å². The van der Waals surface area contributed by atoms with Crippen molar-refractivity contribution in [2.24, 2.45) is 5.10 Å². The van der Waals surface area contributed by atoms with Gasteiger partial charge in [-0.15, -0.1) is 0 Å². The Labute approximate surface area is 141 Å². The number of nitrogens with one attached hydrogen (secondary N) is 1. The van der Waals surface area contributed by atoms with Crippen molar-refractivity contribution in [3.8, 4) is 11.1 Å². The van der Waals surface area contributed by atoms with E-state index in [0.29, 0.717) is 5.92 Å². The molecule has 0 aromatic rings. The van der Waals surface area contributed by atoms with Crippen LogP contribution in [0.2, 0.25) is 0 Å². The second-order valence-corrected chi connectivity index (χ2v) is 6.54. The fraction of sp³-hybridized carbons (Fsp3) is 0.316. The smallest absolute Gasteiger partial charge is 0.275 e. The molecule has 0 saturated carbocycles. The second-order valence-electron chi connectivity index (χ2n) is 6.54. The van der Waals surface area contributed by atoms with Crippen LogP contribution in [0.1, 0.15) is 42.0 Å². The van der Waals surface area contributed by atoms with Crippen LogP contribution in [-0.4, -0.2) is 29.7 Å². The van der Waals surface area contributed by atoms with Gasteiger partial charge in [0.1, 0.15) is 6.54 Å². The number of carbonyl (C=O) groups excluding carboxylic acids is 2. The summed E-state index contributed by atoms with van der Waals surface area (Å²) >= 11 is 0. The van der Waals surface area contributed by atoms with E-state index in [1.807, 2.05) is 0 Å². The highest BCUT2D eigenvalue weighted by molar-refractivity contribution is 6.02. The molecule has 0 radical (unpaired) electrons. The molecule has 1 heterocycles. The number of carbonyl (C=O) groups is 2. The van der Waals surface area contributed by atoms with Crippen molar-refractivity contribution in [2.45, 2.75) is 33.6 Å². The maximum Gasteiger partial charge on any atom is 0.344 e. The average molecular weight is 323 g/mol. The maximum absolute atomic E-state index is 11.6. The normalized spacial score (nSPS) is 15.1. The van der Waals surface area contributed by atoms with Crippen LogP contribution in [0, 0.1) is 13.8 Å². The monoisotopic (exact) mass is 323 g/mol. The fourth-order valence-corrected chi connectivity index (χ4v) is 3.00. The lowest BCUT2D eigenvalue weighted by Gasteiger charge is -2.06. The molecular formula is C19H21N3O2. The Kier molecular flexibility index (Phi) is 4.09. The van der Waals surface area contributed by atoms with Gasteiger partial charge in [0.05, 0.1) is 6.21 Å². The number of amides is 3. The zero-order valence-corrected chi connectivity index (χ0v) is 14.4. The number of rotatable bonds is 3. The van der Waals surface area contributed by atoms with Gasteiger partial charge in [-0.1, -0.05) is 32.0 Å². The summed E-state index contributed by atoms with van der Waals surface area (Å²) in [5, 5.41) is 7.55. The predicted octanol–water partition coefficient (Wildman–Crippen LogP) is 3.42. The Balaban J connectivity index is 2.02. The van der Waals surface area contributed by atoms with Crippen LogP contribution < -0.4 is 5.32 Å². The molecule has 5 nitrogen and oxygen atoms in total. The molecule has 2 aliphatic carbocycles. The lowest BCUT2D eigenvalue weighted by atomic mass is 10.0. The Morgan fingerprint density at radius 2 is 1.92 bits per heavy atom. The van der Waals surface area contributed by atoms with E-state index in [0.717, 1.165) is 21.7 Å². The number of hydrazone groups is 1. The van der Waals surface area contributed by atoms with Crippen molar-refractivity contribution in [2.75, 3.05) is 6.54 Å². The first kappa shape index (κ1) is 16.2. The third-order valence-electron chi connectivity index (χ3n) is 4.36. The molecular weight excluding hydrogens is 302 g/mol. The van der Waals surface area contributed by atoms with Crippen LogP contribution in [-0.2, 0) is 4.79 Å². The van der Waals surface area contributed by atoms with Gasteiger partial charge in [0.2, 0.25) is 5.91 Å². The number of urea groups is 1. The largest absolute Gasteiger partial charge is 0.344 e. The van der Waals surface area contributed by atoms with Crippen LogP contribution in [0.3, 0.4) is 0 Å². The first-order chi connectivity index (χ1) is 11.4. The van der Waals surface area contributed by atoms with Gasteiger partial charge in [-0.05, 0) is 53.6 Å². The highest BCUT2D eigenvalue weighted by Gasteiger charge is 2.26. The molecule has 0 unspecified atom stereocenters. The summed E-state index contributed by atoms with van der Waals surface area (Å²) in [6.07, 6.45) is 1.66. The molecule has 1 aliphatic heterocycles. The summed E-state index contributed by atoms with van der Waals surface area (Å²) in [6, 6.07) is 8.11. The van der Waals surface area contributed by atoms with Crippen molar-refractivity contribution in [3.63, 3.8) is 0 Å². The van der Waals surface area contributed by atoms with Crippen LogP contribution in [0.4, 0.5) is 4.79 Å². The van der Waals surface area contributed by atoms with Crippen LogP contribution in [0.15, 0.2) is 29.4 Å². The zero-order chi connectivity index (χ0) is 17.4. The van der Waals surface area contributed by atoms with E-state index < -0.39 is 6.03 Å². The molecule has 0 aromatic carbocycles. The topological polar surface area (TPSA) is 61.8 Å². The molecule has 5 heteroatoms. The van der Waals surface area contributed by atoms with Gasteiger partial charge in [0.15, 0.2) is 0 Å². The standard InChI is InChI=1S/C19H21N3O2/c1-11(2)14-6-5-12(3)18-15(7-13(4)16(18)8-14)9-20-22-10-17(23)21-19(22)24/h5-9,11H,10H2,1-4H3,(H,21,23,24)/b20-9+. The first-order valence-electron chi connectivity index (χ1n) is 8.06.